The predicted molar refractivity (Wildman–Crippen MR) is 76.8 cm³/mol. The van der Waals surface area contributed by atoms with Crippen molar-refractivity contribution in [2.75, 3.05) is 5.32 Å². The van der Waals surface area contributed by atoms with Crippen LogP contribution in [0.15, 0.2) is 24.3 Å². The second-order valence-electron chi connectivity index (χ2n) is 5.12. The molecule has 3 N–H and O–H groups in total. The number of benzene rings is 1. The van der Waals surface area contributed by atoms with Crippen LogP contribution in [-0.2, 0) is 11.3 Å². The molecule has 0 aliphatic heterocycles. The highest BCUT2D eigenvalue weighted by atomic mass is 35.5. The second kappa shape index (κ2) is 6.21. The molecule has 18 heavy (non-hydrogen) atoms. The van der Waals surface area contributed by atoms with E-state index in [4.69, 9.17) is 5.73 Å². The Morgan fingerprint density at radius 2 is 1.83 bits per heavy atom. The van der Waals surface area contributed by atoms with Crippen molar-refractivity contribution in [2.24, 2.45) is 11.1 Å². The Morgan fingerprint density at radius 1 is 1.28 bits per heavy atom. The van der Waals surface area contributed by atoms with E-state index in [1.165, 1.54) is 0 Å². The maximum Gasteiger partial charge on any atom is 0.230 e. The van der Waals surface area contributed by atoms with E-state index < -0.39 is 0 Å². The summed E-state index contributed by atoms with van der Waals surface area (Å²) in [6, 6.07) is 7.73. The van der Waals surface area contributed by atoms with Gasteiger partial charge in [-0.15, -0.1) is 12.4 Å². The fourth-order valence-corrected chi connectivity index (χ4v) is 2.39. The van der Waals surface area contributed by atoms with Crippen LogP contribution in [0.4, 0.5) is 5.69 Å². The zero-order valence-corrected chi connectivity index (χ0v) is 11.6. The van der Waals surface area contributed by atoms with Crippen molar-refractivity contribution in [3.8, 4) is 0 Å². The van der Waals surface area contributed by atoms with Gasteiger partial charge in [-0.05, 0) is 30.5 Å². The van der Waals surface area contributed by atoms with Crippen molar-refractivity contribution in [3.05, 3.63) is 29.8 Å². The molecule has 1 amide bonds. The van der Waals surface area contributed by atoms with Gasteiger partial charge in [0.25, 0.3) is 0 Å². The Morgan fingerprint density at radius 3 is 2.33 bits per heavy atom. The largest absolute Gasteiger partial charge is 0.326 e. The number of halogens is 1. The first kappa shape index (κ1) is 15.0. The van der Waals surface area contributed by atoms with Gasteiger partial charge in [-0.2, -0.15) is 0 Å². The third-order valence-corrected chi connectivity index (χ3v) is 3.70. The van der Waals surface area contributed by atoms with Crippen LogP contribution in [0.1, 0.15) is 38.2 Å². The number of amides is 1. The van der Waals surface area contributed by atoms with E-state index in [1.807, 2.05) is 24.3 Å². The Kier molecular flexibility index (Phi) is 5.17. The Bertz CT molecular complexity index is 397. The number of carbonyl (C=O) groups is 1. The highest BCUT2D eigenvalue weighted by Crippen LogP contribution is 2.38. The van der Waals surface area contributed by atoms with Crippen molar-refractivity contribution >= 4 is 24.0 Å². The monoisotopic (exact) mass is 268 g/mol. The van der Waals surface area contributed by atoms with Gasteiger partial charge in [-0.25, -0.2) is 0 Å². The summed E-state index contributed by atoms with van der Waals surface area (Å²) in [6.07, 6.45) is 4.32. The molecular weight excluding hydrogens is 248 g/mol. The highest BCUT2D eigenvalue weighted by molar-refractivity contribution is 5.95. The average Bonchev–Trinajstić information content (AvgIpc) is 2.78. The van der Waals surface area contributed by atoms with E-state index in [1.54, 1.807) is 0 Å². The van der Waals surface area contributed by atoms with Gasteiger partial charge in [0.1, 0.15) is 0 Å². The number of hydrogen-bond donors (Lipinski definition) is 2. The molecular formula is C14H21ClN2O. The molecule has 0 spiro atoms. The molecule has 1 aliphatic carbocycles. The van der Waals surface area contributed by atoms with Crippen LogP contribution in [0, 0.1) is 5.41 Å². The number of hydrogen-bond acceptors (Lipinski definition) is 2. The van der Waals surface area contributed by atoms with Crippen LogP contribution >= 0.6 is 12.4 Å². The lowest BCUT2D eigenvalue weighted by molar-refractivity contribution is -0.124. The number of nitrogens with one attached hydrogen (secondary N) is 1. The van der Waals surface area contributed by atoms with Crippen molar-refractivity contribution < 1.29 is 4.79 Å². The van der Waals surface area contributed by atoms with Gasteiger partial charge >= 0.3 is 0 Å². The zero-order chi connectivity index (χ0) is 12.3. The number of nitrogens with two attached hydrogens (primary N) is 1. The summed E-state index contributed by atoms with van der Waals surface area (Å²) in [5.74, 6) is 0.149. The molecule has 2 rings (SSSR count). The Balaban J connectivity index is 0.00000162. The quantitative estimate of drug-likeness (QED) is 0.885. The maximum absolute atomic E-state index is 12.2. The van der Waals surface area contributed by atoms with Gasteiger partial charge in [-0.3, -0.25) is 4.79 Å². The summed E-state index contributed by atoms with van der Waals surface area (Å²) in [4.78, 5) is 12.2. The van der Waals surface area contributed by atoms with Gasteiger partial charge in [0.2, 0.25) is 5.91 Å². The number of rotatable bonds is 3. The molecule has 1 aromatic carbocycles. The minimum Gasteiger partial charge on any atom is -0.326 e. The summed E-state index contributed by atoms with van der Waals surface area (Å²) < 4.78 is 0. The minimum absolute atomic E-state index is 0. The summed E-state index contributed by atoms with van der Waals surface area (Å²) in [6.45, 7) is 2.59. The van der Waals surface area contributed by atoms with Gasteiger partial charge in [0, 0.05) is 17.6 Å². The highest BCUT2D eigenvalue weighted by Gasteiger charge is 2.36. The predicted octanol–water partition coefficient (Wildman–Crippen LogP) is 3.09. The molecule has 3 nitrogen and oxygen atoms in total. The van der Waals surface area contributed by atoms with Crippen LogP contribution < -0.4 is 11.1 Å². The fraction of sp³-hybridized carbons (Fsp3) is 0.500. The first-order chi connectivity index (χ1) is 8.14. The summed E-state index contributed by atoms with van der Waals surface area (Å²) in [5, 5.41) is 3.00. The summed E-state index contributed by atoms with van der Waals surface area (Å²) >= 11 is 0. The molecule has 1 fully saturated rings. The third-order valence-electron chi connectivity index (χ3n) is 3.70. The molecule has 1 aromatic rings. The maximum atomic E-state index is 12.2. The van der Waals surface area contributed by atoms with Gasteiger partial charge in [-0.1, -0.05) is 31.9 Å². The van der Waals surface area contributed by atoms with Crippen LogP contribution in [0.2, 0.25) is 0 Å². The van der Waals surface area contributed by atoms with E-state index in [2.05, 4.69) is 12.2 Å². The van der Waals surface area contributed by atoms with Crippen LogP contribution in [0.5, 0.6) is 0 Å². The van der Waals surface area contributed by atoms with Gasteiger partial charge in [0.05, 0.1) is 0 Å². The van der Waals surface area contributed by atoms with Crippen LogP contribution in [0.3, 0.4) is 0 Å². The molecule has 1 aliphatic rings. The van der Waals surface area contributed by atoms with E-state index >= 15 is 0 Å². The summed E-state index contributed by atoms with van der Waals surface area (Å²) in [5.41, 5.74) is 7.30. The molecule has 0 radical (unpaired) electrons. The number of carbonyl (C=O) groups excluding carboxylic acids is 1. The molecule has 100 valence electrons. The molecule has 0 aromatic heterocycles. The summed E-state index contributed by atoms with van der Waals surface area (Å²) in [7, 11) is 0. The lowest BCUT2D eigenvalue weighted by Crippen LogP contribution is -2.30. The van der Waals surface area contributed by atoms with E-state index in [9.17, 15) is 4.79 Å². The lowest BCUT2D eigenvalue weighted by atomic mass is 9.88. The van der Waals surface area contributed by atoms with E-state index in [0.29, 0.717) is 6.54 Å². The third kappa shape index (κ3) is 3.24. The van der Waals surface area contributed by atoms with Crippen molar-refractivity contribution in [2.45, 2.75) is 39.2 Å². The molecule has 0 bridgehead atoms. The van der Waals surface area contributed by atoms with Gasteiger partial charge < -0.3 is 11.1 Å². The van der Waals surface area contributed by atoms with Crippen molar-refractivity contribution in [3.63, 3.8) is 0 Å². The fourth-order valence-electron chi connectivity index (χ4n) is 2.39. The zero-order valence-electron chi connectivity index (χ0n) is 10.7. The Labute approximate surface area is 115 Å². The number of anilines is 1. The first-order valence-corrected chi connectivity index (χ1v) is 6.24. The smallest absolute Gasteiger partial charge is 0.230 e. The molecule has 4 heteroatoms. The molecule has 0 saturated heterocycles. The van der Waals surface area contributed by atoms with Gasteiger partial charge in [0.15, 0.2) is 0 Å². The lowest BCUT2D eigenvalue weighted by Gasteiger charge is -2.22. The van der Waals surface area contributed by atoms with Crippen LogP contribution in [-0.4, -0.2) is 5.91 Å². The topological polar surface area (TPSA) is 55.1 Å². The Hall–Kier alpha value is -1.06. The molecule has 1 saturated carbocycles. The van der Waals surface area contributed by atoms with Crippen molar-refractivity contribution in [1.82, 2.24) is 0 Å². The average molecular weight is 269 g/mol. The minimum atomic E-state index is -0.174. The van der Waals surface area contributed by atoms with Crippen LogP contribution in [0.25, 0.3) is 0 Å². The normalized spacial score (nSPS) is 17.0. The second-order valence-corrected chi connectivity index (χ2v) is 5.12. The molecule has 0 unspecified atom stereocenters. The van der Waals surface area contributed by atoms with E-state index in [-0.39, 0.29) is 23.7 Å². The van der Waals surface area contributed by atoms with Crippen molar-refractivity contribution in [1.29, 1.82) is 0 Å². The van der Waals surface area contributed by atoms with E-state index in [0.717, 1.165) is 36.9 Å². The standard InChI is InChI=1S/C14H20N2O.ClH/c1-14(8-2-3-9-14)13(17)16-12-6-4-11(10-15)5-7-12;/h4-7H,2-3,8-10,15H2,1H3,(H,16,17);1H. The first-order valence-electron chi connectivity index (χ1n) is 6.24. The molecule has 0 atom stereocenters. The SMILES string of the molecule is CC1(C(=O)Nc2ccc(CN)cc2)CCCC1.Cl. The molecule has 0 heterocycles.